The summed E-state index contributed by atoms with van der Waals surface area (Å²) in [6.45, 7) is 5.65. The van der Waals surface area contributed by atoms with Crippen LogP contribution in [0.4, 0.5) is 11.9 Å². The molecule has 0 unspecified atom stereocenters. The Kier molecular flexibility index (Phi) is 11.9. The highest BCUT2D eigenvalue weighted by Crippen LogP contribution is 2.18. The lowest BCUT2D eigenvalue weighted by Gasteiger charge is -2.18. The number of carbonyl (C=O) groups is 4. The van der Waals surface area contributed by atoms with Crippen LogP contribution in [0.3, 0.4) is 0 Å². The van der Waals surface area contributed by atoms with E-state index in [9.17, 15) is 19.2 Å². The molecule has 0 spiro atoms. The summed E-state index contributed by atoms with van der Waals surface area (Å²) < 4.78 is 0. The summed E-state index contributed by atoms with van der Waals surface area (Å²) in [6, 6.07) is -2.28. The van der Waals surface area contributed by atoms with Crippen LogP contribution < -0.4 is 27.0 Å². The van der Waals surface area contributed by atoms with Gasteiger partial charge in [-0.1, -0.05) is 11.8 Å². The molecule has 0 fully saturated rings. The first-order valence-corrected chi connectivity index (χ1v) is 11.2. The molecule has 0 aliphatic rings. The van der Waals surface area contributed by atoms with Gasteiger partial charge in [-0.25, -0.2) is 0 Å². The maximum Gasteiger partial charge on any atom is 0.322 e. The van der Waals surface area contributed by atoms with Gasteiger partial charge in [-0.3, -0.25) is 19.2 Å². The molecule has 0 aliphatic carbocycles. The van der Waals surface area contributed by atoms with Crippen LogP contribution in [0, 0.1) is 0 Å². The Morgan fingerprint density at radius 1 is 1.09 bits per heavy atom. The van der Waals surface area contributed by atoms with Crippen molar-refractivity contribution < 1.29 is 29.4 Å². The van der Waals surface area contributed by atoms with Crippen molar-refractivity contribution in [2.24, 2.45) is 5.73 Å². The van der Waals surface area contributed by atoms with Gasteiger partial charge in [0.25, 0.3) is 0 Å². The molecule has 1 heterocycles. The van der Waals surface area contributed by atoms with Crippen molar-refractivity contribution in [3.63, 3.8) is 0 Å². The number of carbonyl (C=O) groups excluding carboxylic acids is 2. The van der Waals surface area contributed by atoms with Crippen LogP contribution >= 0.6 is 11.8 Å². The molecule has 0 aromatic carbocycles. The van der Waals surface area contributed by atoms with Crippen molar-refractivity contribution in [2.75, 3.05) is 29.5 Å². The van der Waals surface area contributed by atoms with Crippen LogP contribution in [0.1, 0.15) is 33.6 Å². The number of nitrogens with zero attached hydrogens (tertiary/aromatic N) is 3. The normalized spacial score (nSPS) is 12.5. The lowest BCUT2D eigenvalue weighted by Crippen LogP contribution is -2.49. The second-order valence-electron chi connectivity index (χ2n) is 7.12. The van der Waals surface area contributed by atoms with Crippen molar-refractivity contribution in [2.45, 2.75) is 56.9 Å². The lowest BCUT2D eigenvalue weighted by molar-refractivity contribution is -0.139. The van der Waals surface area contributed by atoms with Crippen molar-refractivity contribution in [3.8, 4) is 0 Å². The van der Waals surface area contributed by atoms with Gasteiger partial charge < -0.3 is 37.2 Å². The quantitative estimate of drug-likeness (QED) is 0.149. The molecule has 14 nitrogen and oxygen atoms in total. The Morgan fingerprint density at radius 2 is 1.76 bits per heavy atom. The molecule has 0 aliphatic heterocycles. The van der Waals surface area contributed by atoms with E-state index in [0.717, 1.165) is 11.8 Å². The average Bonchev–Trinajstić information content (AvgIpc) is 2.72. The van der Waals surface area contributed by atoms with Gasteiger partial charge in [-0.2, -0.15) is 15.0 Å². The average molecular weight is 487 g/mol. The van der Waals surface area contributed by atoms with Gasteiger partial charge in [-0.15, -0.1) is 0 Å². The van der Waals surface area contributed by atoms with E-state index < -0.39 is 42.4 Å². The zero-order valence-electron chi connectivity index (χ0n) is 18.6. The molecule has 0 saturated heterocycles. The summed E-state index contributed by atoms with van der Waals surface area (Å²) in [6.07, 6.45) is -0.346. The number of anilines is 2. The van der Waals surface area contributed by atoms with Crippen LogP contribution in [-0.4, -0.2) is 85.9 Å². The summed E-state index contributed by atoms with van der Waals surface area (Å²) >= 11 is 1.06. The van der Waals surface area contributed by atoms with E-state index in [2.05, 4.69) is 36.2 Å². The molecule has 1 aromatic heterocycles. The minimum Gasteiger partial charge on any atom is -0.480 e. The Morgan fingerprint density at radius 3 is 2.33 bits per heavy atom. The number of nitrogens with one attached hydrogen (secondary N) is 4. The fourth-order valence-electron chi connectivity index (χ4n) is 2.28. The van der Waals surface area contributed by atoms with Gasteiger partial charge in [0.2, 0.25) is 23.7 Å². The lowest BCUT2D eigenvalue weighted by atomic mass is 10.1. The first-order valence-electron chi connectivity index (χ1n) is 10.2. The second-order valence-corrected chi connectivity index (χ2v) is 8.11. The van der Waals surface area contributed by atoms with Crippen molar-refractivity contribution >= 4 is 47.4 Å². The van der Waals surface area contributed by atoms with E-state index >= 15 is 0 Å². The largest absolute Gasteiger partial charge is 0.480 e. The maximum atomic E-state index is 12.4. The van der Waals surface area contributed by atoms with Gasteiger partial charge in [0.1, 0.15) is 18.6 Å². The Hall–Kier alpha value is -3.20. The fraction of sp³-hybridized carbons (Fsp3) is 0.611. The standard InChI is InChI=1S/C18H30N8O6S/c1-4-20-16-24-17(22-9(2)3)26-18(25-16)33-8-11(14(30)21-7-13(28)29)23-12(27)6-5-10(19)15(31)32/h9-11H,4-8,19H2,1-3H3,(H,21,30)(H,23,27)(H,28,29)(H,31,32)(H2,20,22,24,25,26)/t10-,11-/m1/s1. The van der Waals surface area contributed by atoms with Crippen LogP contribution in [-0.2, 0) is 19.2 Å². The van der Waals surface area contributed by atoms with E-state index in [-0.39, 0.29) is 29.8 Å². The van der Waals surface area contributed by atoms with E-state index in [4.69, 9.17) is 15.9 Å². The summed E-state index contributed by atoms with van der Waals surface area (Å²) in [5, 5.41) is 28.6. The van der Waals surface area contributed by atoms with Gasteiger partial charge in [0.05, 0.1) is 0 Å². The van der Waals surface area contributed by atoms with Crippen LogP contribution in [0.15, 0.2) is 5.16 Å². The summed E-state index contributed by atoms with van der Waals surface area (Å²) in [4.78, 5) is 59.0. The molecule has 15 heteroatoms. The Labute approximate surface area is 194 Å². The zero-order valence-corrected chi connectivity index (χ0v) is 19.4. The number of hydrogen-bond donors (Lipinski definition) is 7. The number of aliphatic carboxylic acids is 2. The first kappa shape index (κ1) is 27.8. The molecule has 33 heavy (non-hydrogen) atoms. The minimum absolute atomic E-state index is 0.0150. The van der Waals surface area contributed by atoms with E-state index in [1.54, 1.807) is 0 Å². The van der Waals surface area contributed by atoms with Crippen LogP contribution in [0.2, 0.25) is 0 Å². The molecule has 0 saturated carbocycles. The second kappa shape index (κ2) is 14.1. The zero-order chi connectivity index (χ0) is 25.0. The number of amides is 2. The number of rotatable bonds is 15. The summed E-state index contributed by atoms with van der Waals surface area (Å²) in [5.41, 5.74) is 5.40. The van der Waals surface area contributed by atoms with E-state index in [1.807, 2.05) is 20.8 Å². The first-order chi connectivity index (χ1) is 15.5. The van der Waals surface area contributed by atoms with Crippen LogP contribution in [0.25, 0.3) is 0 Å². The topological polar surface area (TPSA) is 222 Å². The molecule has 0 bridgehead atoms. The summed E-state index contributed by atoms with van der Waals surface area (Å²) in [5.74, 6) is -3.17. The molecule has 1 aromatic rings. The number of carboxylic acid groups (broad SMARTS) is 2. The molecule has 184 valence electrons. The highest BCUT2D eigenvalue weighted by molar-refractivity contribution is 7.99. The van der Waals surface area contributed by atoms with Crippen molar-refractivity contribution in [3.05, 3.63) is 0 Å². The summed E-state index contributed by atoms with van der Waals surface area (Å²) in [7, 11) is 0. The molecule has 8 N–H and O–H groups in total. The van der Waals surface area contributed by atoms with E-state index in [1.165, 1.54) is 0 Å². The molecule has 1 rings (SSSR count). The fourth-order valence-corrected chi connectivity index (χ4v) is 3.14. The van der Waals surface area contributed by atoms with E-state index in [0.29, 0.717) is 18.4 Å². The van der Waals surface area contributed by atoms with Gasteiger partial charge in [-0.05, 0) is 27.2 Å². The number of thioether (sulfide) groups is 1. The highest BCUT2D eigenvalue weighted by atomic mass is 32.2. The third-order valence-electron chi connectivity index (χ3n) is 3.81. The molecule has 2 atom stereocenters. The Balaban J connectivity index is 2.92. The van der Waals surface area contributed by atoms with Gasteiger partial charge in [0, 0.05) is 24.8 Å². The SMILES string of the molecule is CCNc1nc(NC(C)C)nc(SC[C@@H](NC(=O)CC[C@@H](N)C(=O)O)C(=O)NCC(=O)O)n1. The predicted octanol–water partition coefficient (Wildman–Crippen LogP) is -0.906. The monoisotopic (exact) mass is 486 g/mol. The Bertz CT molecular complexity index is 840. The van der Waals surface area contributed by atoms with Crippen LogP contribution in [0.5, 0.6) is 0 Å². The third kappa shape index (κ3) is 11.3. The molecular weight excluding hydrogens is 456 g/mol. The van der Waals surface area contributed by atoms with Gasteiger partial charge >= 0.3 is 11.9 Å². The maximum absolute atomic E-state index is 12.4. The smallest absolute Gasteiger partial charge is 0.322 e. The predicted molar refractivity (Wildman–Crippen MR) is 121 cm³/mol. The number of aromatic nitrogens is 3. The van der Waals surface area contributed by atoms with Gasteiger partial charge in [0.15, 0.2) is 5.16 Å². The highest BCUT2D eigenvalue weighted by Gasteiger charge is 2.23. The molecular formula is C18H30N8O6S. The van der Waals surface area contributed by atoms with Crippen molar-refractivity contribution in [1.82, 2.24) is 25.6 Å². The number of hydrogen-bond acceptors (Lipinski definition) is 11. The number of carboxylic acids is 2. The third-order valence-corrected chi connectivity index (χ3v) is 4.75. The van der Waals surface area contributed by atoms with Crippen molar-refractivity contribution in [1.29, 1.82) is 0 Å². The molecule has 0 radical (unpaired) electrons. The molecule has 2 amide bonds. The number of nitrogens with two attached hydrogens (primary N) is 1. The minimum atomic E-state index is -1.24.